The molecule has 3 aromatic rings. The van der Waals surface area contributed by atoms with Crippen molar-refractivity contribution in [2.24, 2.45) is 0 Å². The molecule has 0 aliphatic carbocycles. The highest BCUT2D eigenvalue weighted by molar-refractivity contribution is 5.95. The summed E-state index contributed by atoms with van der Waals surface area (Å²) in [6.45, 7) is 4.08. The Bertz CT molecular complexity index is 670. The summed E-state index contributed by atoms with van der Waals surface area (Å²) >= 11 is 0. The predicted octanol–water partition coefficient (Wildman–Crippen LogP) is 2.64. The van der Waals surface area contributed by atoms with Gasteiger partial charge in [0.05, 0.1) is 0 Å². The Labute approximate surface area is 98.7 Å². The molecule has 0 aliphatic rings. The Morgan fingerprint density at radius 2 is 1.88 bits per heavy atom. The van der Waals surface area contributed by atoms with Crippen molar-refractivity contribution in [2.45, 2.75) is 13.8 Å². The molecule has 0 saturated carbocycles. The summed E-state index contributed by atoms with van der Waals surface area (Å²) in [5.41, 5.74) is 5.29. The van der Waals surface area contributed by atoms with Crippen molar-refractivity contribution in [3.05, 3.63) is 42.0 Å². The SMILES string of the molecule is Cc1cnc2n[nH]c(C)c2c1-c1ccncc1. The predicted molar refractivity (Wildman–Crippen MR) is 66.6 cm³/mol. The van der Waals surface area contributed by atoms with Crippen LogP contribution in [0.3, 0.4) is 0 Å². The van der Waals surface area contributed by atoms with E-state index in [0.29, 0.717) is 0 Å². The van der Waals surface area contributed by atoms with E-state index in [4.69, 9.17) is 0 Å². The van der Waals surface area contributed by atoms with Crippen LogP contribution in [0, 0.1) is 13.8 Å². The smallest absolute Gasteiger partial charge is 0.181 e. The zero-order valence-electron chi connectivity index (χ0n) is 9.73. The summed E-state index contributed by atoms with van der Waals surface area (Å²) in [5.74, 6) is 0. The van der Waals surface area contributed by atoms with E-state index in [1.807, 2.05) is 25.3 Å². The number of fused-ring (bicyclic) bond motifs is 1. The van der Waals surface area contributed by atoms with Crippen molar-refractivity contribution in [1.29, 1.82) is 0 Å². The van der Waals surface area contributed by atoms with Gasteiger partial charge in [-0.15, -0.1) is 0 Å². The van der Waals surface area contributed by atoms with Crippen molar-refractivity contribution in [2.75, 3.05) is 0 Å². The lowest BCUT2D eigenvalue weighted by Gasteiger charge is -2.07. The Morgan fingerprint density at radius 3 is 2.65 bits per heavy atom. The van der Waals surface area contributed by atoms with Gasteiger partial charge in [0.2, 0.25) is 0 Å². The van der Waals surface area contributed by atoms with Gasteiger partial charge in [0.1, 0.15) is 0 Å². The summed E-state index contributed by atoms with van der Waals surface area (Å²) in [6.07, 6.45) is 5.46. The van der Waals surface area contributed by atoms with Crippen molar-refractivity contribution in [1.82, 2.24) is 20.2 Å². The van der Waals surface area contributed by atoms with Crippen molar-refractivity contribution in [3.63, 3.8) is 0 Å². The monoisotopic (exact) mass is 224 g/mol. The number of nitrogens with one attached hydrogen (secondary N) is 1. The molecule has 1 N–H and O–H groups in total. The minimum absolute atomic E-state index is 0.764. The zero-order chi connectivity index (χ0) is 11.8. The first kappa shape index (κ1) is 9.96. The van der Waals surface area contributed by atoms with E-state index in [-0.39, 0.29) is 0 Å². The van der Waals surface area contributed by atoms with Crippen LogP contribution in [0.2, 0.25) is 0 Å². The van der Waals surface area contributed by atoms with Gasteiger partial charge < -0.3 is 0 Å². The Balaban J connectivity index is 2.42. The minimum atomic E-state index is 0.764. The molecule has 3 rings (SSSR count). The fraction of sp³-hybridized carbons (Fsp3) is 0.154. The molecular weight excluding hydrogens is 212 g/mol. The van der Waals surface area contributed by atoms with Crippen LogP contribution in [-0.2, 0) is 0 Å². The molecule has 4 nitrogen and oxygen atoms in total. The third-order valence-corrected chi connectivity index (χ3v) is 2.92. The summed E-state index contributed by atoms with van der Waals surface area (Å²) in [6, 6.07) is 4.02. The first-order chi connectivity index (χ1) is 8.27. The van der Waals surface area contributed by atoms with Crippen LogP contribution < -0.4 is 0 Å². The first-order valence-electron chi connectivity index (χ1n) is 5.48. The van der Waals surface area contributed by atoms with E-state index >= 15 is 0 Å². The van der Waals surface area contributed by atoms with Gasteiger partial charge >= 0.3 is 0 Å². The molecule has 3 aromatic heterocycles. The fourth-order valence-electron chi connectivity index (χ4n) is 2.12. The Kier molecular flexibility index (Phi) is 2.14. The molecule has 3 heterocycles. The third-order valence-electron chi connectivity index (χ3n) is 2.92. The van der Waals surface area contributed by atoms with Crippen LogP contribution in [0.15, 0.2) is 30.7 Å². The molecule has 0 unspecified atom stereocenters. The van der Waals surface area contributed by atoms with E-state index < -0.39 is 0 Å². The summed E-state index contributed by atoms with van der Waals surface area (Å²) in [7, 11) is 0. The second-order valence-corrected chi connectivity index (χ2v) is 4.10. The number of nitrogens with zero attached hydrogens (tertiary/aromatic N) is 3. The van der Waals surface area contributed by atoms with Crippen molar-refractivity contribution >= 4 is 11.0 Å². The van der Waals surface area contributed by atoms with Gasteiger partial charge in [-0.25, -0.2) is 4.98 Å². The number of aromatic nitrogens is 4. The number of hydrogen-bond acceptors (Lipinski definition) is 3. The number of aryl methyl sites for hydroxylation is 2. The second kappa shape index (κ2) is 3.66. The highest BCUT2D eigenvalue weighted by Gasteiger charge is 2.12. The van der Waals surface area contributed by atoms with Crippen LogP contribution in [0.5, 0.6) is 0 Å². The molecule has 0 amide bonds. The Morgan fingerprint density at radius 1 is 1.12 bits per heavy atom. The molecule has 0 radical (unpaired) electrons. The minimum Gasteiger partial charge on any atom is -0.280 e. The molecule has 4 heteroatoms. The number of H-pyrrole nitrogens is 1. The van der Waals surface area contributed by atoms with Crippen LogP contribution in [0.1, 0.15) is 11.3 Å². The number of rotatable bonds is 1. The maximum absolute atomic E-state index is 4.33. The molecule has 0 bridgehead atoms. The van der Waals surface area contributed by atoms with E-state index in [9.17, 15) is 0 Å². The van der Waals surface area contributed by atoms with Gasteiger partial charge in [0.15, 0.2) is 5.65 Å². The molecular formula is C13H12N4. The molecule has 0 atom stereocenters. The first-order valence-corrected chi connectivity index (χ1v) is 5.48. The lowest BCUT2D eigenvalue weighted by atomic mass is 9.99. The number of aromatic amines is 1. The lowest BCUT2D eigenvalue weighted by molar-refractivity contribution is 1.05. The van der Waals surface area contributed by atoms with Gasteiger partial charge in [-0.3, -0.25) is 10.1 Å². The molecule has 0 spiro atoms. The summed E-state index contributed by atoms with van der Waals surface area (Å²) < 4.78 is 0. The topological polar surface area (TPSA) is 54.5 Å². The normalized spacial score (nSPS) is 10.9. The quantitative estimate of drug-likeness (QED) is 0.691. The van der Waals surface area contributed by atoms with Gasteiger partial charge in [-0.2, -0.15) is 5.10 Å². The van der Waals surface area contributed by atoms with Gasteiger partial charge in [-0.05, 0) is 42.7 Å². The van der Waals surface area contributed by atoms with Crippen LogP contribution in [-0.4, -0.2) is 20.2 Å². The van der Waals surface area contributed by atoms with Crippen LogP contribution >= 0.6 is 0 Å². The zero-order valence-corrected chi connectivity index (χ0v) is 9.73. The summed E-state index contributed by atoms with van der Waals surface area (Å²) in [5, 5.41) is 8.27. The largest absolute Gasteiger partial charge is 0.280 e. The Hall–Kier alpha value is -2.23. The van der Waals surface area contributed by atoms with E-state index in [0.717, 1.165) is 27.9 Å². The molecule has 84 valence electrons. The fourth-order valence-corrected chi connectivity index (χ4v) is 2.12. The average molecular weight is 224 g/mol. The standard InChI is InChI=1S/C13H12N4/c1-8-7-15-13-12(9(2)16-17-13)11(8)10-3-5-14-6-4-10/h3-7H,1-2H3,(H,15,16,17). The van der Waals surface area contributed by atoms with E-state index in [1.54, 1.807) is 12.4 Å². The van der Waals surface area contributed by atoms with Gasteiger partial charge in [-0.1, -0.05) is 0 Å². The van der Waals surface area contributed by atoms with Crippen LogP contribution in [0.25, 0.3) is 22.2 Å². The van der Waals surface area contributed by atoms with Gasteiger partial charge in [0.25, 0.3) is 0 Å². The second-order valence-electron chi connectivity index (χ2n) is 4.10. The molecule has 0 aromatic carbocycles. The molecule has 0 fully saturated rings. The van der Waals surface area contributed by atoms with Gasteiger partial charge in [0, 0.05) is 29.7 Å². The average Bonchev–Trinajstić information content (AvgIpc) is 2.73. The maximum Gasteiger partial charge on any atom is 0.181 e. The molecule has 0 aliphatic heterocycles. The highest BCUT2D eigenvalue weighted by atomic mass is 15.1. The van der Waals surface area contributed by atoms with E-state index in [2.05, 4.69) is 27.1 Å². The molecule has 17 heavy (non-hydrogen) atoms. The summed E-state index contributed by atoms with van der Waals surface area (Å²) in [4.78, 5) is 8.38. The number of hydrogen-bond donors (Lipinski definition) is 1. The van der Waals surface area contributed by atoms with Crippen molar-refractivity contribution in [3.8, 4) is 11.1 Å². The maximum atomic E-state index is 4.33. The highest BCUT2D eigenvalue weighted by Crippen LogP contribution is 2.31. The van der Waals surface area contributed by atoms with Crippen LogP contribution in [0.4, 0.5) is 0 Å². The van der Waals surface area contributed by atoms with Crippen molar-refractivity contribution < 1.29 is 0 Å². The number of pyridine rings is 2. The molecule has 0 saturated heterocycles. The third kappa shape index (κ3) is 1.49. The van der Waals surface area contributed by atoms with E-state index in [1.165, 1.54) is 5.56 Å². The lowest BCUT2D eigenvalue weighted by Crippen LogP contribution is -1.89.